The summed E-state index contributed by atoms with van der Waals surface area (Å²) in [5, 5.41) is 16.4. The Bertz CT molecular complexity index is 830. The molecule has 27 heavy (non-hydrogen) atoms. The van der Waals surface area contributed by atoms with Gasteiger partial charge in [-0.15, -0.1) is 0 Å². The number of nitrogens with one attached hydrogen (secondary N) is 2. The van der Waals surface area contributed by atoms with Gasteiger partial charge in [-0.25, -0.2) is 4.79 Å². The van der Waals surface area contributed by atoms with Gasteiger partial charge >= 0.3 is 6.03 Å². The van der Waals surface area contributed by atoms with Crippen LogP contribution in [0.1, 0.15) is 37.7 Å². The molecule has 0 saturated heterocycles. The summed E-state index contributed by atoms with van der Waals surface area (Å²) >= 11 is 0. The van der Waals surface area contributed by atoms with Crippen LogP contribution >= 0.6 is 0 Å². The molecule has 0 unspecified atom stereocenters. The highest BCUT2D eigenvalue weighted by Crippen LogP contribution is 2.60. The molecular weight excluding hydrogens is 342 g/mol. The lowest BCUT2D eigenvalue weighted by Crippen LogP contribution is -2.51. The topological polar surface area (TPSA) is 83.5 Å². The number of nitrogens with zero attached hydrogens (tertiary/aromatic N) is 1. The van der Waals surface area contributed by atoms with Gasteiger partial charge in [0.25, 0.3) is 0 Å². The molecule has 0 bridgehead atoms. The van der Waals surface area contributed by atoms with Gasteiger partial charge in [0.05, 0.1) is 5.60 Å². The molecule has 0 spiro atoms. The van der Waals surface area contributed by atoms with E-state index in [4.69, 9.17) is 4.74 Å². The third-order valence-corrected chi connectivity index (χ3v) is 5.94. The number of amides is 2. The average molecular weight is 367 g/mol. The van der Waals surface area contributed by atoms with Gasteiger partial charge in [0, 0.05) is 30.0 Å². The fourth-order valence-corrected chi connectivity index (χ4v) is 3.80. The van der Waals surface area contributed by atoms with Crippen molar-refractivity contribution in [2.24, 2.45) is 5.41 Å². The maximum absolute atomic E-state index is 12.3. The molecule has 1 aromatic heterocycles. The Morgan fingerprint density at radius 1 is 1.15 bits per heavy atom. The largest absolute Gasteiger partial charge is 0.457 e. The van der Waals surface area contributed by atoms with Gasteiger partial charge in [0.15, 0.2) is 0 Å². The lowest BCUT2D eigenvalue weighted by molar-refractivity contribution is -0.0945. The molecule has 2 aliphatic rings. The Morgan fingerprint density at radius 2 is 1.89 bits per heavy atom. The Balaban J connectivity index is 1.33. The van der Waals surface area contributed by atoms with Crippen molar-refractivity contribution in [3.8, 4) is 11.5 Å². The van der Waals surface area contributed by atoms with Crippen molar-refractivity contribution < 1.29 is 14.6 Å². The van der Waals surface area contributed by atoms with E-state index in [0.29, 0.717) is 18.0 Å². The van der Waals surface area contributed by atoms with Crippen molar-refractivity contribution in [1.82, 2.24) is 10.3 Å². The Hall–Kier alpha value is -2.60. The predicted octanol–water partition coefficient (Wildman–Crippen LogP) is 4.00. The van der Waals surface area contributed by atoms with E-state index in [9.17, 15) is 9.90 Å². The van der Waals surface area contributed by atoms with E-state index < -0.39 is 5.60 Å². The number of urea groups is 1. The predicted molar refractivity (Wildman–Crippen MR) is 103 cm³/mol. The lowest BCUT2D eigenvalue weighted by Gasteiger charge is -2.44. The summed E-state index contributed by atoms with van der Waals surface area (Å²) in [6, 6.07) is 8.88. The highest BCUT2D eigenvalue weighted by atomic mass is 16.5. The summed E-state index contributed by atoms with van der Waals surface area (Å²) in [7, 11) is 0. The standard InChI is InChI=1S/C21H25N3O3/c1-15-13-17(27-16-5-11-22-12-6-16)3-4-18(15)24-19(25)23-14-20(9-10-20)21(26)7-2-8-21/h3-6,11-13,26H,2,7-10,14H2,1H3,(H2,23,24,25). The first-order valence-corrected chi connectivity index (χ1v) is 9.46. The highest BCUT2D eigenvalue weighted by Gasteiger charge is 2.60. The number of hydrogen-bond donors (Lipinski definition) is 3. The lowest BCUT2D eigenvalue weighted by atomic mass is 9.69. The van der Waals surface area contributed by atoms with Crippen molar-refractivity contribution in [3.63, 3.8) is 0 Å². The third-order valence-electron chi connectivity index (χ3n) is 5.94. The maximum atomic E-state index is 12.3. The van der Waals surface area contributed by atoms with Crippen LogP contribution in [0.4, 0.5) is 10.5 Å². The number of ether oxygens (including phenoxy) is 1. The normalized spacial score (nSPS) is 18.9. The van der Waals surface area contributed by atoms with E-state index in [2.05, 4.69) is 15.6 Å². The summed E-state index contributed by atoms with van der Waals surface area (Å²) in [6.45, 7) is 2.45. The van der Waals surface area contributed by atoms with Crippen LogP contribution < -0.4 is 15.4 Å². The molecule has 2 aromatic rings. The molecule has 4 rings (SSSR count). The minimum absolute atomic E-state index is 0.111. The Morgan fingerprint density at radius 3 is 2.48 bits per heavy atom. The van der Waals surface area contributed by atoms with Crippen molar-refractivity contribution in [3.05, 3.63) is 48.3 Å². The molecule has 2 amide bonds. The van der Waals surface area contributed by atoms with Gasteiger partial charge in [-0.05, 0) is 74.9 Å². The molecule has 3 N–H and O–H groups in total. The van der Waals surface area contributed by atoms with Crippen LogP contribution in [0.3, 0.4) is 0 Å². The average Bonchev–Trinajstić information content (AvgIpc) is 3.43. The van der Waals surface area contributed by atoms with Gasteiger partial charge in [0.1, 0.15) is 11.5 Å². The SMILES string of the molecule is Cc1cc(Oc2ccncc2)ccc1NC(=O)NCC1(C2(O)CCC2)CC1. The van der Waals surface area contributed by atoms with E-state index in [-0.39, 0.29) is 11.4 Å². The zero-order valence-corrected chi connectivity index (χ0v) is 15.5. The second kappa shape index (κ2) is 6.85. The fourth-order valence-electron chi connectivity index (χ4n) is 3.80. The van der Waals surface area contributed by atoms with Gasteiger partial charge in [-0.2, -0.15) is 0 Å². The van der Waals surface area contributed by atoms with Gasteiger partial charge in [-0.3, -0.25) is 4.98 Å². The minimum atomic E-state index is -0.567. The third kappa shape index (κ3) is 3.62. The number of aromatic nitrogens is 1. The molecule has 142 valence electrons. The Kier molecular flexibility index (Phi) is 4.52. The summed E-state index contributed by atoms with van der Waals surface area (Å²) in [6.07, 6.45) is 8.12. The zero-order valence-electron chi connectivity index (χ0n) is 15.5. The van der Waals surface area contributed by atoms with Crippen LogP contribution in [0, 0.1) is 12.3 Å². The van der Waals surface area contributed by atoms with Crippen LogP contribution in [0.2, 0.25) is 0 Å². The second-order valence-electron chi connectivity index (χ2n) is 7.73. The summed E-state index contributed by atoms with van der Waals surface area (Å²) < 4.78 is 5.78. The highest BCUT2D eigenvalue weighted by molar-refractivity contribution is 5.90. The van der Waals surface area contributed by atoms with E-state index in [1.54, 1.807) is 24.5 Å². The molecule has 1 heterocycles. The molecule has 6 nitrogen and oxygen atoms in total. The number of carbonyl (C=O) groups is 1. The molecule has 0 aliphatic heterocycles. The van der Waals surface area contributed by atoms with Gasteiger partial charge in [0.2, 0.25) is 0 Å². The molecule has 2 fully saturated rings. The quantitative estimate of drug-likeness (QED) is 0.721. The van der Waals surface area contributed by atoms with E-state index in [1.807, 2.05) is 25.1 Å². The van der Waals surface area contributed by atoms with Gasteiger partial charge in [-0.1, -0.05) is 0 Å². The first kappa shape index (κ1) is 17.8. The Labute approximate surface area is 159 Å². The first-order chi connectivity index (χ1) is 13.0. The molecule has 0 radical (unpaired) electrons. The number of pyridine rings is 1. The fraction of sp³-hybridized carbons (Fsp3) is 0.429. The first-order valence-electron chi connectivity index (χ1n) is 9.46. The molecule has 2 aliphatic carbocycles. The summed E-state index contributed by atoms with van der Waals surface area (Å²) in [5.41, 5.74) is 0.972. The number of carbonyl (C=O) groups excluding carboxylic acids is 1. The summed E-state index contributed by atoms with van der Waals surface area (Å²) in [4.78, 5) is 16.3. The molecule has 2 saturated carbocycles. The zero-order chi connectivity index (χ0) is 18.9. The maximum Gasteiger partial charge on any atom is 0.319 e. The number of aryl methyl sites for hydroxylation is 1. The van der Waals surface area contributed by atoms with Crippen molar-refractivity contribution in [2.75, 3.05) is 11.9 Å². The number of rotatable bonds is 6. The van der Waals surface area contributed by atoms with Crippen molar-refractivity contribution in [2.45, 2.75) is 44.6 Å². The number of benzene rings is 1. The van der Waals surface area contributed by atoms with E-state index >= 15 is 0 Å². The van der Waals surface area contributed by atoms with Crippen LogP contribution in [0.25, 0.3) is 0 Å². The van der Waals surface area contributed by atoms with Crippen LogP contribution in [0.15, 0.2) is 42.7 Å². The summed E-state index contributed by atoms with van der Waals surface area (Å²) in [5.74, 6) is 1.42. The van der Waals surface area contributed by atoms with Crippen molar-refractivity contribution in [1.29, 1.82) is 0 Å². The number of anilines is 1. The van der Waals surface area contributed by atoms with E-state index in [0.717, 1.165) is 43.4 Å². The number of hydrogen-bond acceptors (Lipinski definition) is 4. The van der Waals surface area contributed by atoms with Crippen LogP contribution in [-0.2, 0) is 0 Å². The van der Waals surface area contributed by atoms with Crippen molar-refractivity contribution >= 4 is 11.7 Å². The monoisotopic (exact) mass is 367 g/mol. The van der Waals surface area contributed by atoms with E-state index in [1.165, 1.54) is 0 Å². The minimum Gasteiger partial charge on any atom is -0.457 e. The molecule has 0 atom stereocenters. The molecular formula is C21H25N3O3. The van der Waals surface area contributed by atoms with Crippen LogP contribution in [0.5, 0.6) is 11.5 Å². The second-order valence-corrected chi connectivity index (χ2v) is 7.73. The molecule has 6 heteroatoms. The molecule has 1 aromatic carbocycles. The van der Waals surface area contributed by atoms with Crippen LogP contribution in [-0.4, -0.2) is 28.3 Å². The smallest absolute Gasteiger partial charge is 0.319 e. The van der Waals surface area contributed by atoms with Gasteiger partial charge < -0.3 is 20.5 Å². The number of aliphatic hydroxyl groups is 1.